The monoisotopic (exact) mass is 289 g/mol. The van der Waals surface area contributed by atoms with Gasteiger partial charge in [-0.2, -0.15) is 0 Å². The van der Waals surface area contributed by atoms with Gasteiger partial charge in [0.25, 0.3) is 0 Å². The number of ether oxygens (including phenoxy) is 2. The molecule has 0 saturated heterocycles. The number of aryl methyl sites for hydroxylation is 1. The molecule has 1 aromatic carbocycles. The van der Waals surface area contributed by atoms with Crippen LogP contribution in [-0.2, 0) is 0 Å². The van der Waals surface area contributed by atoms with E-state index < -0.39 is 0 Å². The Morgan fingerprint density at radius 1 is 1.19 bits per heavy atom. The third kappa shape index (κ3) is 3.09. The lowest BCUT2D eigenvalue weighted by atomic mass is 10.0. The average Bonchev–Trinajstić information content (AvgIpc) is 2.45. The zero-order chi connectivity index (χ0) is 15.6. The van der Waals surface area contributed by atoms with Crippen molar-refractivity contribution < 1.29 is 9.47 Å². The number of fused-ring (bicyclic) bond motifs is 1. The summed E-state index contributed by atoms with van der Waals surface area (Å²) in [4.78, 5) is 6.76. The highest BCUT2D eigenvalue weighted by atomic mass is 16.5. The molecule has 21 heavy (non-hydrogen) atoms. The minimum Gasteiger partial charge on any atom is -0.496 e. The van der Waals surface area contributed by atoms with Crippen LogP contribution in [0.4, 0.5) is 0 Å². The summed E-state index contributed by atoms with van der Waals surface area (Å²) in [5, 5.41) is 0.970. The molecule has 0 saturated carbocycles. The number of benzene rings is 1. The van der Waals surface area contributed by atoms with Crippen LogP contribution in [0.1, 0.15) is 17.3 Å². The minimum atomic E-state index is -0.140. The topological polar surface area (TPSA) is 60.6 Å². The molecule has 0 aliphatic carbocycles. The van der Waals surface area contributed by atoms with E-state index in [1.165, 1.54) is 0 Å². The number of pyridine rings is 1. The predicted octanol–water partition coefficient (Wildman–Crippen LogP) is 2.12. The molecule has 0 aliphatic rings. The summed E-state index contributed by atoms with van der Waals surface area (Å²) < 4.78 is 10.9. The van der Waals surface area contributed by atoms with Gasteiger partial charge >= 0.3 is 0 Å². The Balaban J connectivity index is 2.63. The Kier molecular flexibility index (Phi) is 4.65. The fourth-order valence-electron chi connectivity index (χ4n) is 2.51. The number of methoxy groups -OCH3 is 2. The van der Waals surface area contributed by atoms with Gasteiger partial charge in [0.2, 0.25) is 0 Å². The molecule has 0 bridgehead atoms. The standard InChI is InChI=1S/C16H23N3O2/c1-10-8-12(11(17)9-19(2)3)18-16-14(21-5)7-6-13(20-4)15(10)16/h6-8,11H,9,17H2,1-5H3. The first-order valence-corrected chi connectivity index (χ1v) is 6.90. The Bertz CT molecular complexity index is 641. The van der Waals surface area contributed by atoms with Crippen LogP contribution < -0.4 is 15.2 Å². The van der Waals surface area contributed by atoms with Crippen molar-refractivity contribution in [3.8, 4) is 11.5 Å². The zero-order valence-corrected chi connectivity index (χ0v) is 13.3. The number of hydrogen-bond acceptors (Lipinski definition) is 5. The molecular formula is C16H23N3O2. The lowest BCUT2D eigenvalue weighted by molar-refractivity contribution is 0.373. The maximum Gasteiger partial charge on any atom is 0.145 e. The van der Waals surface area contributed by atoms with Crippen molar-refractivity contribution in [2.45, 2.75) is 13.0 Å². The van der Waals surface area contributed by atoms with Crippen LogP contribution in [0.5, 0.6) is 11.5 Å². The van der Waals surface area contributed by atoms with E-state index in [2.05, 4.69) is 4.90 Å². The molecule has 0 radical (unpaired) electrons. The average molecular weight is 289 g/mol. The van der Waals surface area contributed by atoms with Crippen molar-refractivity contribution in [2.75, 3.05) is 34.9 Å². The van der Waals surface area contributed by atoms with Gasteiger partial charge in [-0.25, -0.2) is 4.98 Å². The molecule has 1 aromatic heterocycles. The van der Waals surface area contributed by atoms with Crippen LogP contribution in [0.2, 0.25) is 0 Å². The van der Waals surface area contributed by atoms with Crippen LogP contribution in [-0.4, -0.2) is 44.7 Å². The highest BCUT2D eigenvalue weighted by molar-refractivity contribution is 5.93. The molecule has 114 valence electrons. The first-order chi connectivity index (χ1) is 9.97. The molecule has 0 aliphatic heterocycles. The van der Waals surface area contributed by atoms with Crippen molar-refractivity contribution in [1.82, 2.24) is 9.88 Å². The van der Waals surface area contributed by atoms with Crippen LogP contribution in [0.3, 0.4) is 0 Å². The molecule has 2 aromatic rings. The number of likely N-dealkylation sites (N-methyl/N-ethyl adjacent to an activating group) is 1. The highest BCUT2D eigenvalue weighted by Crippen LogP contribution is 2.35. The van der Waals surface area contributed by atoms with E-state index in [9.17, 15) is 0 Å². The number of nitrogens with two attached hydrogens (primary N) is 1. The van der Waals surface area contributed by atoms with E-state index in [0.717, 1.165) is 40.2 Å². The van der Waals surface area contributed by atoms with Crippen LogP contribution in [0.15, 0.2) is 18.2 Å². The van der Waals surface area contributed by atoms with Gasteiger partial charge in [0.05, 0.1) is 26.0 Å². The number of aromatic nitrogens is 1. The first-order valence-electron chi connectivity index (χ1n) is 6.90. The Morgan fingerprint density at radius 3 is 2.38 bits per heavy atom. The lowest BCUT2D eigenvalue weighted by Crippen LogP contribution is -2.26. The van der Waals surface area contributed by atoms with Crippen LogP contribution >= 0.6 is 0 Å². The lowest BCUT2D eigenvalue weighted by Gasteiger charge is -2.19. The summed E-state index contributed by atoms with van der Waals surface area (Å²) in [6.45, 7) is 2.78. The Hall–Kier alpha value is -1.85. The van der Waals surface area contributed by atoms with E-state index in [4.69, 9.17) is 20.2 Å². The summed E-state index contributed by atoms with van der Waals surface area (Å²) in [6.07, 6.45) is 0. The van der Waals surface area contributed by atoms with Gasteiger partial charge < -0.3 is 20.1 Å². The third-order valence-corrected chi connectivity index (χ3v) is 3.48. The largest absolute Gasteiger partial charge is 0.496 e. The summed E-state index contributed by atoms with van der Waals surface area (Å²) in [5.74, 6) is 1.52. The molecule has 1 atom stereocenters. The van der Waals surface area contributed by atoms with Crippen molar-refractivity contribution in [1.29, 1.82) is 0 Å². The van der Waals surface area contributed by atoms with Gasteiger partial charge in [-0.1, -0.05) is 0 Å². The van der Waals surface area contributed by atoms with E-state index in [1.807, 2.05) is 39.2 Å². The summed E-state index contributed by atoms with van der Waals surface area (Å²) >= 11 is 0. The van der Waals surface area contributed by atoms with E-state index in [-0.39, 0.29) is 6.04 Å². The molecule has 5 nitrogen and oxygen atoms in total. The van der Waals surface area contributed by atoms with E-state index in [1.54, 1.807) is 14.2 Å². The number of hydrogen-bond donors (Lipinski definition) is 1. The number of rotatable bonds is 5. The predicted molar refractivity (Wildman–Crippen MR) is 85.1 cm³/mol. The molecule has 1 unspecified atom stereocenters. The molecule has 0 amide bonds. The van der Waals surface area contributed by atoms with Crippen molar-refractivity contribution >= 4 is 10.9 Å². The second kappa shape index (κ2) is 6.28. The maximum absolute atomic E-state index is 6.24. The molecule has 0 spiro atoms. The van der Waals surface area contributed by atoms with Gasteiger partial charge in [-0.15, -0.1) is 0 Å². The minimum absolute atomic E-state index is 0.140. The summed E-state index contributed by atoms with van der Waals surface area (Å²) in [6, 6.07) is 5.65. The Labute approximate surface area is 125 Å². The van der Waals surface area contributed by atoms with Crippen LogP contribution in [0, 0.1) is 6.92 Å². The first kappa shape index (κ1) is 15.5. The fraction of sp³-hybridized carbons (Fsp3) is 0.438. The fourth-order valence-corrected chi connectivity index (χ4v) is 2.51. The molecule has 2 N–H and O–H groups in total. The molecule has 0 fully saturated rings. The van der Waals surface area contributed by atoms with Gasteiger partial charge in [-0.05, 0) is 44.8 Å². The quantitative estimate of drug-likeness (QED) is 0.913. The summed E-state index contributed by atoms with van der Waals surface area (Å²) in [7, 11) is 7.30. The van der Waals surface area contributed by atoms with Crippen molar-refractivity contribution in [3.63, 3.8) is 0 Å². The molecule has 2 rings (SSSR count). The second-order valence-electron chi connectivity index (χ2n) is 5.43. The maximum atomic E-state index is 6.24. The molecule has 1 heterocycles. The number of nitrogens with zero attached hydrogens (tertiary/aromatic N) is 2. The van der Waals surface area contributed by atoms with Gasteiger partial charge in [0.15, 0.2) is 0 Å². The highest BCUT2D eigenvalue weighted by Gasteiger charge is 2.16. The van der Waals surface area contributed by atoms with Crippen molar-refractivity contribution in [3.05, 3.63) is 29.5 Å². The zero-order valence-electron chi connectivity index (χ0n) is 13.3. The summed E-state index contributed by atoms with van der Waals surface area (Å²) in [5.41, 5.74) is 8.98. The van der Waals surface area contributed by atoms with Gasteiger partial charge in [-0.3, -0.25) is 0 Å². The van der Waals surface area contributed by atoms with Gasteiger partial charge in [0, 0.05) is 11.9 Å². The normalized spacial score (nSPS) is 12.7. The molecular weight excluding hydrogens is 266 g/mol. The van der Waals surface area contributed by atoms with E-state index in [0.29, 0.717) is 0 Å². The third-order valence-electron chi connectivity index (χ3n) is 3.48. The van der Waals surface area contributed by atoms with Crippen LogP contribution in [0.25, 0.3) is 10.9 Å². The molecule has 5 heteroatoms. The smallest absolute Gasteiger partial charge is 0.145 e. The SMILES string of the molecule is COc1ccc(OC)c2c(C)cc(C(N)CN(C)C)nc12. The van der Waals surface area contributed by atoms with E-state index >= 15 is 0 Å². The van der Waals surface area contributed by atoms with Crippen molar-refractivity contribution in [2.24, 2.45) is 5.73 Å². The Morgan fingerprint density at radius 2 is 1.81 bits per heavy atom. The van der Waals surface area contributed by atoms with Gasteiger partial charge in [0.1, 0.15) is 17.0 Å². The second-order valence-corrected chi connectivity index (χ2v) is 5.43.